The molecule has 0 unspecified atom stereocenters. The van der Waals surface area contributed by atoms with Gasteiger partial charge in [0.15, 0.2) is 0 Å². The molecule has 0 N–H and O–H groups in total. The first-order valence-electron chi connectivity index (χ1n) is 4.92. The summed E-state index contributed by atoms with van der Waals surface area (Å²) < 4.78 is 0. The topological polar surface area (TPSA) is 0 Å². The highest BCUT2D eigenvalue weighted by Gasteiger charge is 1.98. The summed E-state index contributed by atoms with van der Waals surface area (Å²) in [6.07, 6.45) is 6.66. The van der Waals surface area contributed by atoms with Crippen LogP contribution in [0.3, 0.4) is 0 Å². The second-order valence-electron chi connectivity index (χ2n) is 3.47. The van der Waals surface area contributed by atoms with Crippen molar-refractivity contribution in [3.05, 3.63) is 47.0 Å². The minimum atomic E-state index is 1.15. The van der Waals surface area contributed by atoms with E-state index in [1.165, 1.54) is 16.7 Å². The van der Waals surface area contributed by atoms with Gasteiger partial charge in [-0.2, -0.15) is 0 Å². The maximum absolute atomic E-state index is 2.23. The molecule has 0 fully saturated rings. The van der Waals surface area contributed by atoms with Crippen LogP contribution in [0, 0.1) is 13.8 Å². The minimum absolute atomic E-state index is 1.15. The summed E-state index contributed by atoms with van der Waals surface area (Å²) in [5.41, 5.74) is 4.34. The number of aryl methyl sites for hydroxylation is 2. The van der Waals surface area contributed by atoms with E-state index in [0.29, 0.717) is 0 Å². The van der Waals surface area contributed by atoms with Crippen molar-refractivity contribution in [2.75, 3.05) is 0 Å². The SMILES string of the molecule is C/C=C\CCc1cccc(C)c1C. The Balaban J connectivity index is 2.71. The van der Waals surface area contributed by atoms with Crippen molar-refractivity contribution in [1.82, 2.24) is 0 Å². The van der Waals surface area contributed by atoms with Crippen LogP contribution in [-0.4, -0.2) is 0 Å². The molecular formula is C13H18. The van der Waals surface area contributed by atoms with Crippen LogP contribution >= 0.6 is 0 Å². The molecule has 0 saturated carbocycles. The highest BCUT2D eigenvalue weighted by molar-refractivity contribution is 5.33. The number of rotatable bonds is 3. The van der Waals surface area contributed by atoms with Gasteiger partial charge in [0, 0.05) is 0 Å². The Bertz CT molecular complexity index is 295. The van der Waals surface area contributed by atoms with Gasteiger partial charge in [-0.15, -0.1) is 0 Å². The Morgan fingerprint density at radius 2 is 2.00 bits per heavy atom. The molecular weight excluding hydrogens is 156 g/mol. The number of hydrogen-bond donors (Lipinski definition) is 0. The monoisotopic (exact) mass is 174 g/mol. The molecule has 0 spiro atoms. The van der Waals surface area contributed by atoms with Crippen LogP contribution in [0.15, 0.2) is 30.4 Å². The third-order valence-corrected chi connectivity index (χ3v) is 2.53. The summed E-state index contributed by atoms with van der Waals surface area (Å²) in [5.74, 6) is 0. The normalized spacial score (nSPS) is 11.0. The summed E-state index contributed by atoms with van der Waals surface area (Å²) in [5, 5.41) is 0. The second-order valence-corrected chi connectivity index (χ2v) is 3.47. The molecule has 1 aromatic rings. The van der Waals surface area contributed by atoms with Crippen molar-refractivity contribution in [2.24, 2.45) is 0 Å². The lowest BCUT2D eigenvalue weighted by Crippen LogP contribution is -1.90. The molecule has 1 rings (SSSR count). The standard InChI is InChI=1S/C13H18/c1-4-5-6-9-13-10-7-8-11(2)12(13)3/h4-5,7-8,10H,6,9H2,1-3H3/b5-4-. The van der Waals surface area contributed by atoms with Crippen LogP contribution in [0.2, 0.25) is 0 Å². The van der Waals surface area contributed by atoms with E-state index in [2.05, 4.69) is 51.1 Å². The van der Waals surface area contributed by atoms with Gasteiger partial charge in [0.25, 0.3) is 0 Å². The largest absolute Gasteiger partial charge is 0.0917 e. The maximum Gasteiger partial charge on any atom is -0.0241 e. The molecule has 0 aliphatic carbocycles. The van der Waals surface area contributed by atoms with Gasteiger partial charge in [0.05, 0.1) is 0 Å². The average Bonchev–Trinajstić information content (AvgIpc) is 2.13. The van der Waals surface area contributed by atoms with E-state index in [0.717, 1.165) is 12.8 Å². The zero-order chi connectivity index (χ0) is 9.68. The van der Waals surface area contributed by atoms with Gasteiger partial charge in [-0.25, -0.2) is 0 Å². The molecule has 0 atom stereocenters. The van der Waals surface area contributed by atoms with Gasteiger partial charge in [0.1, 0.15) is 0 Å². The van der Waals surface area contributed by atoms with Gasteiger partial charge < -0.3 is 0 Å². The second kappa shape index (κ2) is 4.86. The summed E-state index contributed by atoms with van der Waals surface area (Å²) in [4.78, 5) is 0. The Morgan fingerprint density at radius 1 is 1.23 bits per heavy atom. The Labute approximate surface area is 81.3 Å². The predicted molar refractivity (Wildman–Crippen MR) is 59.1 cm³/mol. The van der Waals surface area contributed by atoms with Gasteiger partial charge in [-0.1, -0.05) is 30.4 Å². The van der Waals surface area contributed by atoms with Crippen LogP contribution < -0.4 is 0 Å². The Hall–Kier alpha value is -1.04. The molecule has 70 valence electrons. The fourth-order valence-corrected chi connectivity index (χ4v) is 1.49. The molecule has 0 aliphatic heterocycles. The highest BCUT2D eigenvalue weighted by atomic mass is 14.0. The lowest BCUT2D eigenvalue weighted by molar-refractivity contribution is 0.980. The number of hydrogen-bond acceptors (Lipinski definition) is 0. The first-order chi connectivity index (χ1) is 6.25. The fraction of sp³-hybridized carbons (Fsp3) is 0.385. The van der Waals surface area contributed by atoms with E-state index in [1.54, 1.807) is 0 Å². The van der Waals surface area contributed by atoms with Crippen LogP contribution in [-0.2, 0) is 6.42 Å². The van der Waals surface area contributed by atoms with Crippen LogP contribution in [0.25, 0.3) is 0 Å². The molecule has 0 nitrogen and oxygen atoms in total. The molecule has 0 aromatic heterocycles. The summed E-state index contributed by atoms with van der Waals surface area (Å²) >= 11 is 0. The van der Waals surface area contributed by atoms with E-state index in [-0.39, 0.29) is 0 Å². The van der Waals surface area contributed by atoms with Crippen LogP contribution in [0.5, 0.6) is 0 Å². The minimum Gasteiger partial charge on any atom is -0.0917 e. The summed E-state index contributed by atoms with van der Waals surface area (Å²) in [6.45, 7) is 6.46. The van der Waals surface area contributed by atoms with Crippen molar-refractivity contribution < 1.29 is 0 Å². The van der Waals surface area contributed by atoms with E-state index >= 15 is 0 Å². The van der Waals surface area contributed by atoms with Gasteiger partial charge in [-0.3, -0.25) is 0 Å². The van der Waals surface area contributed by atoms with Crippen LogP contribution in [0.4, 0.5) is 0 Å². The van der Waals surface area contributed by atoms with Gasteiger partial charge >= 0.3 is 0 Å². The average molecular weight is 174 g/mol. The fourth-order valence-electron chi connectivity index (χ4n) is 1.49. The summed E-state index contributed by atoms with van der Waals surface area (Å²) in [6, 6.07) is 6.55. The highest BCUT2D eigenvalue weighted by Crippen LogP contribution is 2.14. The molecule has 1 aromatic carbocycles. The van der Waals surface area contributed by atoms with E-state index in [9.17, 15) is 0 Å². The predicted octanol–water partition coefficient (Wildman–Crippen LogP) is 3.81. The third kappa shape index (κ3) is 2.73. The number of allylic oxidation sites excluding steroid dienone is 2. The molecule has 13 heavy (non-hydrogen) atoms. The van der Waals surface area contributed by atoms with Crippen molar-refractivity contribution in [2.45, 2.75) is 33.6 Å². The number of benzene rings is 1. The van der Waals surface area contributed by atoms with Crippen molar-refractivity contribution in [3.63, 3.8) is 0 Å². The smallest absolute Gasteiger partial charge is 0.0241 e. The van der Waals surface area contributed by atoms with E-state index < -0.39 is 0 Å². The van der Waals surface area contributed by atoms with E-state index in [4.69, 9.17) is 0 Å². The molecule has 0 saturated heterocycles. The van der Waals surface area contributed by atoms with Crippen LogP contribution in [0.1, 0.15) is 30.0 Å². The van der Waals surface area contributed by atoms with Crippen molar-refractivity contribution >= 4 is 0 Å². The van der Waals surface area contributed by atoms with Crippen molar-refractivity contribution in [3.8, 4) is 0 Å². The zero-order valence-corrected chi connectivity index (χ0v) is 8.80. The molecule has 0 heteroatoms. The Morgan fingerprint density at radius 3 is 2.69 bits per heavy atom. The molecule has 0 bridgehead atoms. The van der Waals surface area contributed by atoms with Gasteiger partial charge in [0.2, 0.25) is 0 Å². The molecule has 0 radical (unpaired) electrons. The molecule has 0 amide bonds. The van der Waals surface area contributed by atoms with Gasteiger partial charge in [-0.05, 0) is 50.3 Å². The summed E-state index contributed by atoms with van der Waals surface area (Å²) in [7, 11) is 0. The lowest BCUT2D eigenvalue weighted by Gasteiger charge is -2.06. The molecule has 0 aliphatic rings. The lowest BCUT2D eigenvalue weighted by atomic mass is 10.00. The maximum atomic E-state index is 2.23. The zero-order valence-electron chi connectivity index (χ0n) is 8.80. The Kier molecular flexibility index (Phi) is 3.75. The molecule has 0 heterocycles. The van der Waals surface area contributed by atoms with Crippen molar-refractivity contribution in [1.29, 1.82) is 0 Å². The first kappa shape index (κ1) is 10.0. The van der Waals surface area contributed by atoms with E-state index in [1.807, 2.05) is 0 Å². The third-order valence-electron chi connectivity index (χ3n) is 2.53. The quantitative estimate of drug-likeness (QED) is 0.611. The first-order valence-corrected chi connectivity index (χ1v) is 4.92.